The maximum Gasteiger partial charge on any atom is 0.338 e. The third-order valence-corrected chi connectivity index (χ3v) is 3.28. The summed E-state index contributed by atoms with van der Waals surface area (Å²) in [6.07, 6.45) is 0.956. The van der Waals surface area contributed by atoms with E-state index in [2.05, 4.69) is 27.5 Å². The first-order valence-electron chi connectivity index (χ1n) is 8.21. The zero-order valence-electron chi connectivity index (χ0n) is 14.6. The highest BCUT2D eigenvalue weighted by Crippen LogP contribution is 2.13. The number of aryl methyl sites for hydroxylation is 1. The van der Waals surface area contributed by atoms with Gasteiger partial charge in [-0.15, -0.1) is 0 Å². The van der Waals surface area contributed by atoms with E-state index in [-0.39, 0.29) is 11.6 Å². The molecule has 0 aliphatic carbocycles. The molecule has 7 nitrogen and oxygen atoms in total. The number of hydrogen-bond acceptors (Lipinski definition) is 6. The molecule has 2 N–H and O–H groups in total. The summed E-state index contributed by atoms with van der Waals surface area (Å²) in [6, 6.07) is 8.12. The van der Waals surface area contributed by atoms with Crippen LogP contribution < -0.4 is 10.6 Å². The van der Waals surface area contributed by atoms with Gasteiger partial charge in [0.05, 0.1) is 12.2 Å². The molecular formula is C18H22N4O3. The van der Waals surface area contributed by atoms with E-state index in [1.54, 1.807) is 44.2 Å². The van der Waals surface area contributed by atoms with Crippen LogP contribution in [0.1, 0.15) is 46.9 Å². The summed E-state index contributed by atoms with van der Waals surface area (Å²) in [7, 11) is 0. The topological polar surface area (TPSA) is 93.2 Å². The first-order valence-corrected chi connectivity index (χ1v) is 8.21. The van der Waals surface area contributed by atoms with E-state index in [1.807, 2.05) is 0 Å². The Morgan fingerprint density at radius 1 is 1.12 bits per heavy atom. The van der Waals surface area contributed by atoms with E-state index in [4.69, 9.17) is 4.74 Å². The van der Waals surface area contributed by atoms with Gasteiger partial charge < -0.3 is 15.4 Å². The number of rotatable bonds is 7. The molecule has 0 atom stereocenters. The van der Waals surface area contributed by atoms with Crippen LogP contribution >= 0.6 is 0 Å². The van der Waals surface area contributed by atoms with Crippen LogP contribution in [0.4, 0.5) is 11.5 Å². The number of carbonyl (C=O) groups is 2. The Morgan fingerprint density at radius 2 is 1.84 bits per heavy atom. The number of nitrogens with zero attached hydrogens (tertiary/aromatic N) is 2. The summed E-state index contributed by atoms with van der Waals surface area (Å²) < 4.78 is 4.93. The van der Waals surface area contributed by atoms with Gasteiger partial charge in [-0.3, -0.25) is 4.79 Å². The largest absolute Gasteiger partial charge is 0.462 e. The van der Waals surface area contributed by atoms with Crippen LogP contribution in [-0.4, -0.2) is 35.0 Å². The monoisotopic (exact) mass is 342 g/mol. The van der Waals surface area contributed by atoms with Crippen LogP contribution in [-0.2, 0) is 4.74 Å². The molecule has 0 fully saturated rings. The van der Waals surface area contributed by atoms with Crippen molar-refractivity contribution in [1.82, 2.24) is 9.97 Å². The SMILES string of the molecule is CCCNc1cc(C(=O)Nc2ccc(C(=O)OCC)cc2)nc(C)n1. The molecule has 0 aliphatic heterocycles. The van der Waals surface area contributed by atoms with Gasteiger partial charge in [0, 0.05) is 18.3 Å². The number of amides is 1. The highest BCUT2D eigenvalue weighted by Gasteiger charge is 2.12. The van der Waals surface area contributed by atoms with Gasteiger partial charge in [-0.25, -0.2) is 14.8 Å². The molecule has 1 heterocycles. The summed E-state index contributed by atoms with van der Waals surface area (Å²) in [5.74, 6) is 0.411. The number of benzene rings is 1. The summed E-state index contributed by atoms with van der Waals surface area (Å²) in [4.78, 5) is 32.4. The molecule has 2 rings (SSSR count). The molecule has 0 bridgehead atoms. The third kappa shape index (κ3) is 5.27. The fourth-order valence-electron chi connectivity index (χ4n) is 2.13. The molecule has 0 saturated heterocycles. The Bertz CT molecular complexity index is 744. The van der Waals surface area contributed by atoms with Crippen molar-refractivity contribution in [3.63, 3.8) is 0 Å². The quantitative estimate of drug-likeness (QED) is 0.751. The van der Waals surface area contributed by atoms with Crippen molar-refractivity contribution in [3.05, 3.63) is 47.4 Å². The van der Waals surface area contributed by atoms with Crippen molar-refractivity contribution < 1.29 is 14.3 Å². The molecule has 0 saturated carbocycles. The number of hydrogen-bond donors (Lipinski definition) is 2. The van der Waals surface area contributed by atoms with E-state index in [0.717, 1.165) is 13.0 Å². The lowest BCUT2D eigenvalue weighted by molar-refractivity contribution is 0.0526. The molecule has 7 heteroatoms. The van der Waals surface area contributed by atoms with Crippen LogP contribution in [0.25, 0.3) is 0 Å². The third-order valence-electron chi connectivity index (χ3n) is 3.28. The predicted molar refractivity (Wildman–Crippen MR) is 95.9 cm³/mol. The van der Waals surface area contributed by atoms with Gasteiger partial charge in [-0.2, -0.15) is 0 Å². The van der Waals surface area contributed by atoms with E-state index >= 15 is 0 Å². The first kappa shape index (κ1) is 18.4. The number of aromatic nitrogens is 2. The minimum atomic E-state index is -0.390. The molecule has 0 radical (unpaired) electrons. The number of ether oxygens (including phenoxy) is 1. The molecule has 0 unspecified atom stereocenters. The van der Waals surface area contributed by atoms with Crippen LogP contribution in [0.3, 0.4) is 0 Å². The Labute approximate surface area is 146 Å². The predicted octanol–water partition coefficient (Wildman–Crippen LogP) is 3.04. The molecule has 0 spiro atoms. The van der Waals surface area contributed by atoms with E-state index in [1.165, 1.54) is 0 Å². The number of carbonyl (C=O) groups excluding carboxylic acids is 2. The molecule has 25 heavy (non-hydrogen) atoms. The van der Waals surface area contributed by atoms with Crippen LogP contribution in [0.15, 0.2) is 30.3 Å². The second-order valence-corrected chi connectivity index (χ2v) is 5.36. The Kier molecular flexibility index (Phi) is 6.45. The van der Waals surface area contributed by atoms with Gasteiger partial charge in [-0.1, -0.05) is 6.92 Å². The molecule has 1 amide bonds. The standard InChI is InChI=1S/C18H22N4O3/c1-4-10-19-16-11-15(20-12(3)21-16)17(23)22-14-8-6-13(7-9-14)18(24)25-5-2/h6-9,11H,4-5,10H2,1-3H3,(H,22,23)(H,19,20,21). The highest BCUT2D eigenvalue weighted by atomic mass is 16.5. The fourth-order valence-corrected chi connectivity index (χ4v) is 2.13. The lowest BCUT2D eigenvalue weighted by atomic mass is 10.2. The van der Waals surface area contributed by atoms with Gasteiger partial charge in [0.1, 0.15) is 17.3 Å². The van der Waals surface area contributed by atoms with Gasteiger partial charge >= 0.3 is 5.97 Å². The Balaban J connectivity index is 2.08. The van der Waals surface area contributed by atoms with Crippen LogP contribution in [0.2, 0.25) is 0 Å². The van der Waals surface area contributed by atoms with Gasteiger partial charge in [0.25, 0.3) is 5.91 Å². The fraction of sp³-hybridized carbons (Fsp3) is 0.333. The summed E-state index contributed by atoms with van der Waals surface area (Å²) in [5, 5.41) is 5.90. The average molecular weight is 342 g/mol. The van der Waals surface area contributed by atoms with Crippen molar-refractivity contribution in [3.8, 4) is 0 Å². The van der Waals surface area contributed by atoms with Crippen molar-refractivity contribution in [2.75, 3.05) is 23.8 Å². The van der Waals surface area contributed by atoms with Crippen LogP contribution in [0, 0.1) is 6.92 Å². The molecule has 0 aliphatic rings. The zero-order chi connectivity index (χ0) is 18.2. The first-order chi connectivity index (χ1) is 12.0. The summed E-state index contributed by atoms with van der Waals surface area (Å²) in [6.45, 7) is 6.63. The summed E-state index contributed by atoms with van der Waals surface area (Å²) >= 11 is 0. The lowest BCUT2D eigenvalue weighted by Gasteiger charge is -2.09. The van der Waals surface area contributed by atoms with Crippen molar-refractivity contribution in [2.24, 2.45) is 0 Å². The van der Waals surface area contributed by atoms with Gasteiger partial charge in [-0.05, 0) is 44.5 Å². The van der Waals surface area contributed by atoms with Crippen molar-refractivity contribution >= 4 is 23.4 Å². The summed E-state index contributed by atoms with van der Waals surface area (Å²) in [5.41, 5.74) is 1.28. The second-order valence-electron chi connectivity index (χ2n) is 5.36. The van der Waals surface area contributed by atoms with Crippen molar-refractivity contribution in [1.29, 1.82) is 0 Å². The normalized spacial score (nSPS) is 10.2. The molecule has 2 aromatic rings. The molecule has 132 valence electrons. The van der Waals surface area contributed by atoms with E-state index in [9.17, 15) is 9.59 Å². The molecule has 1 aromatic carbocycles. The van der Waals surface area contributed by atoms with Gasteiger partial charge in [0.2, 0.25) is 0 Å². The number of nitrogens with one attached hydrogen (secondary N) is 2. The van der Waals surface area contributed by atoms with Gasteiger partial charge in [0.15, 0.2) is 0 Å². The van der Waals surface area contributed by atoms with Crippen molar-refractivity contribution in [2.45, 2.75) is 27.2 Å². The maximum atomic E-state index is 12.4. The Hall–Kier alpha value is -2.96. The zero-order valence-corrected chi connectivity index (χ0v) is 14.6. The second kappa shape index (κ2) is 8.77. The Morgan fingerprint density at radius 3 is 2.48 bits per heavy atom. The minimum absolute atomic E-state index is 0.278. The maximum absolute atomic E-state index is 12.4. The number of anilines is 2. The molecule has 1 aromatic heterocycles. The van der Waals surface area contributed by atoms with Crippen LogP contribution in [0.5, 0.6) is 0 Å². The molecular weight excluding hydrogens is 320 g/mol. The van der Waals surface area contributed by atoms with E-state index < -0.39 is 5.97 Å². The number of esters is 1. The minimum Gasteiger partial charge on any atom is -0.462 e. The van der Waals surface area contributed by atoms with E-state index in [0.29, 0.717) is 29.5 Å². The average Bonchev–Trinajstić information content (AvgIpc) is 2.60. The smallest absolute Gasteiger partial charge is 0.338 e. The highest BCUT2D eigenvalue weighted by molar-refractivity contribution is 6.03. The lowest BCUT2D eigenvalue weighted by Crippen LogP contribution is -2.16.